The molecule has 1 aliphatic rings. The Bertz CT molecular complexity index is 900. The van der Waals surface area contributed by atoms with Gasteiger partial charge in [-0.1, -0.05) is 23.5 Å². The predicted molar refractivity (Wildman–Crippen MR) is 89.0 cm³/mol. The first-order valence-electron chi connectivity index (χ1n) is 6.97. The Morgan fingerprint density at radius 3 is 2.70 bits per heavy atom. The van der Waals surface area contributed by atoms with Crippen LogP contribution in [0.1, 0.15) is 20.9 Å². The lowest BCUT2D eigenvalue weighted by molar-refractivity contribution is 0.0946. The van der Waals surface area contributed by atoms with Gasteiger partial charge < -0.3 is 5.32 Å². The van der Waals surface area contributed by atoms with E-state index in [9.17, 15) is 13.2 Å². The van der Waals surface area contributed by atoms with E-state index in [0.717, 1.165) is 16.5 Å². The van der Waals surface area contributed by atoms with Crippen molar-refractivity contribution in [2.75, 3.05) is 5.75 Å². The minimum atomic E-state index is -3.20. The van der Waals surface area contributed by atoms with E-state index in [2.05, 4.69) is 15.5 Å². The summed E-state index contributed by atoms with van der Waals surface area (Å²) >= 11 is 1.18. The van der Waals surface area contributed by atoms with Gasteiger partial charge in [-0.05, 0) is 37.1 Å². The first kappa shape index (κ1) is 15.8. The molecule has 23 heavy (non-hydrogen) atoms. The van der Waals surface area contributed by atoms with Crippen LogP contribution in [0.2, 0.25) is 0 Å². The van der Waals surface area contributed by atoms with Gasteiger partial charge in [0, 0.05) is 11.0 Å². The third-order valence-electron chi connectivity index (χ3n) is 3.62. The van der Waals surface area contributed by atoms with Gasteiger partial charge in [-0.15, -0.1) is 10.2 Å². The molecule has 0 unspecified atom stereocenters. The second kappa shape index (κ2) is 5.86. The summed E-state index contributed by atoms with van der Waals surface area (Å²) < 4.78 is 22.7. The van der Waals surface area contributed by atoms with Gasteiger partial charge in [-0.2, -0.15) is 0 Å². The maximum absolute atomic E-state index is 12.1. The SMILES string of the molecule is Cc1ccc(-c2nnc(C(=O)N[C@@H]3C=CS(=O)(=O)C3)s2)cc1C. The van der Waals surface area contributed by atoms with Crippen molar-refractivity contribution in [3.63, 3.8) is 0 Å². The van der Waals surface area contributed by atoms with E-state index >= 15 is 0 Å². The van der Waals surface area contributed by atoms with Crippen LogP contribution in [0.15, 0.2) is 29.7 Å². The maximum atomic E-state index is 12.1. The highest BCUT2D eigenvalue weighted by atomic mass is 32.2. The van der Waals surface area contributed by atoms with E-state index in [-0.39, 0.29) is 10.8 Å². The Morgan fingerprint density at radius 1 is 1.26 bits per heavy atom. The molecule has 0 saturated carbocycles. The Morgan fingerprint density at radius 2 is 2.04 bits per heavy atom. The van der Waals surface area contributed by atoms with Crippen LogP contribution in [-0.2, 0) is 9.84 Å². The van der Waals surface area contributed by atoms with Crippen molar-refractivity contribution in [1.82, 2.24) is 15.5 Å². The molecule has 1 N–H and O–H groups in total. The van der Waals surface area contributed by atoms with Crippen molar-refractivity contribution in [3.8, 4) is 10.6 Å². The van der Waals surface area contributed by atoms with Crippen molar-refractivity contribution in [1.29, 1.82) is 0 Å². The lowest BCUT2D eigenvalue weighted by Crippen LogP contribution is -2.35. The Balaban J connectivity index is 1.75. The number of aryl methyl sites for hydroxylation is 2. The van der Waals surface area contributed by atoms with Crippen molar-refractivity contribution >= 4 is 27.1 Å². The quantitative estimate of drug-likeness (QED) is 0.914. The number of hydrogen-bond acceptors (Lipinski definition) is 6. The van der Waals surface area contributed by atoms with E-state index < -0.39 is 21.8 Å². The molecule has 2 heterocycles. The van der Waals surface area contributed by atoms with Gasteiger partial charge in [-0.25, -0.2) is 8.42 Å². The molecule has 0 radical (unpaired) electrons. The van der Waals surface area contributed by atoms with Crippen LogP contribution < -0.4 is 5.32 Å². The smallest absolute Gasteiger partial charge is 0.282 e. The summed E-state index contributed by atoms with van der Waals surface area (Å²) in [5.74, 6) is -0.522. The summed E-state index contributed by atoms with van der Waals surface area (Å²) in [6, 6.07) is 5.43. The van der Waals surface area contributed by atoms with E-state index in [1.54, 1.807) is 0 Å². The van der Waals surface area contributed by atoms with E-state index in [0.29, 0.717) is 5.01 Å². The van der Waals surface area contributed by atoms with Crippen LogP contribution in [0, 0.1) is 13.8 Å². The fourth-order valence-corrected chi connectivity index (χ4v) is 4.18. The number of sulfone groups is 1. The van der Waals surface area contributed by atoms with E-state index in [1.165, 1.54) is 23.0 Å². The topological polar surface area (TPSA) is 89.0 Å². The minimum Gasteiger partial charge on any atom is -0.343 e. The van der Waals surface area contributed by atoms with Crippen molar-refractivity contribution in [3.05, 3.63) is 45.8 Å². The minimum absolute atomic E-state index is 0.110. The normalized spacial score (nSPS) is 19.0. The number of carbonyl (C=O) groups is 1. The third kappa shape index (κ3) is 3.48. The largest absolute Gasteiger partial charge is 0.343 e. The molecule has 120 valence electrons. The van der Waals surface area contributed by atoms with Gasteiger partial charge in [0.1, 0.15) is 5.01 Å². The highest BCUT2D eigenvalue weighted by Crippen LogP contribution is 2.25. The fourth-order valence-electron chi connectivity index (χ4n) is 2.20. The molecule has 1 amide bonds. The highest BCUT2D eigenvalue weighted by Gasteiger charge is 2.24. The second-order valence-corrected chi connectivity index (χ2v) is 8.36. The maximum Gasteiger partial charge on any atom is 0.282 e. The molecular formula is C15H15N3O3S2. The summed E-state index contributed by atoms with van der Waals surface area (Å²) in [4.78, 5) is 12.1. The molecule has 1 atom stereocenters. The van der Waals surface area contributed by atoms with Crippen LogP contribution in [0.4, 0.5) is 0 Å². The molecule has 1 aromatic carbocycles. The van der Waals surface area contributed by atoms with Gasteiger partial charge in [-0.3, -0.25) is 4.79 Å². The molecule has 0 aliphatic carbocycles. The lowest BCUT2D eigenvalue weighted by atomic mass is 10.1. The first-order chi connectivity index (χ1) is 10.8. The predicted octanol–water partition coefficient (Wildman–Crippen LogP) is 1.86. The van der Waals surface area contributed by atoms with Crippen LogP contribution >= 0.6 is 11.3 Å². The third-order valence-corrected chi connectivity index (χ3v) is 5.99. The molecule has 2 aromatic rings. The molecule has 3 rings (SSSR count). The zero-order valence-corrected chi connectivity index (χ0v) is 14.2. The summed E-state index contributed by atoms with van der Waals surface area (Å²) in [5, 5.41) is 12.6. The van der Waals surface area contributed by atoms with E-state index in [1.807, 2.05) is 32.0 Å². The number of benzene rings is 1. The fraction of sp³-hybridized carbons (Fsp3) is 0.267. The zero-order chi connectivity index (χ0) is 16.6. The number of rotatable bonds is 3. The van der Waals surface area contributed by atoms with Gasteiger partial charge in [0.2, 0.25) is 5.01 Å². The number of nitrogens with zero attached hydrogens (tertiary/aromatic N) is 2. The number of amides is 1. The number of carbonyl (C=O) groups excluding carboxylic acids is 1. The molecule has 6 nitrogen and oxygen atoms in total. The number of hydrogen-bond donors (Lipinski definition) is 1. The van der Waals surface area contributed by atoms with Crippen molar-refractivity contribution in [2.45, 2.75) is 19.9 Å². The van der Waals surface area contributed by atoms with E-state index in [4.69, 9.17) is 0 Å². The molecule has 0 fully saturated rings. The standard InChI is InChI=1S/C15H15N3O3S2/c1-9-3-4-11(7-10(9)2)14-17-18-15(22-14)13(19)16-12-5-6-23(20,21)8-12/h3-7,12H,8H2,1-2H3,(H,16,19)/t12-/m1/s1. The Kier molecular flexibility index (Phi) is 4.03. The molecular weight excluding hydrogens is 334 g/mol. The molecule has 0 spiro atoms. The Hall–Kier alpha value is -2.06. The first-order valence-corrected chi connectivity index (χ1v) is 9.50. The van der Waals surface area contributed by atoms with Crippen LogP contribution in [0.5, 0.6) is 0 Å². The van der Waals surface area contributed by atoms with Crippen molar-refractivity contribution < 1.29 is 13.2 Å². The second-order valence-electron chi connectivity index (χ2n) is 5.45. The summed E-state index contributed by atoms with van der Waals surface area (Å²) in [7, 11) is -3.20. The average Bonchev–Trinajstić information content (AvgIpc) is 3.09. The molecule has 0 bridgehead atoms. The molecule has 8 heteroatoms. The van der Waals surface area contributed by atoms with Crippen LogP contribution in [0.25, 0.3) is 10.6 Å². The number of aromatic nitrogens is 2. The average molecular weight is 349 g/mol. The van der Waals surface area contributed by atoms with Gasteiger partial charge in [0.05, 0.1) is 11.8 Å². The Labute approximate surface area is 138 Å². The summed E-state index contributed by atoms with van der Waals surface area (Å²) in [6.07, 6.45) is 1.47. The van der Waals surface area contributed by atoms with Crippen LogP contribution in [-0.4, -0.2) is 36.3 Å². The monoisotopic (exact) mass is 349 g/mol. The van der Waals surface area contributed by atoms with Gasteiger partial charge >= 0.3 is 0 Å². The van der Waals surface area contributed by atoms with Gasteiger partial charge in [0.25, 0.3) is 5.91 Å². The molecule has 1 aromatic heterocycles. The highest BCUT2D eigenvalue weighted by molar-refractivity contribution is 7.94. The summed E-state index contributed by atoms with van der Waals surface area (Å²) in [6.45, 7) is 4.04. The zero-order valence-electron chi connectivity index (χ0n) is 12.6. The molecule has 0 saturated heterocycles. The molecule has 1 aliphatic heterocycles. The lowest BCUT2D eigenvalue weighted by Gasteiger charge is -2.07. The van der Waals surface area contributed by atoms with Gasteiger partial charge in [0.15, 0.2) is 9.84 Å². The summed E-state index contributed by atoms with van der Waals surface area (Å²) in [5.41, 5.74) is 3.24. The number of nitrogens with one attached hydrogen (secondary N) is 1. The van der Waals surface area contributed by atoms with Crippen LogP contribution in [0.3, 0.4) is 0 Å². The van der Waals surface area contributed by atoms with Crippen molar-refractivity contribution in [2.24, 2.45) is 0 Å².